The molecule has 1 aliphatic heterocycles. The molecule has 1 fully saturated rings. The van der Waals surface area contributed by atoms with Crippen LogP contribution in [0.3, 0.4) is 0 Å². The fraction of sp³-hybridized carbons (Fsp3) is 0.333. The Morgan fingerprint density at radius 1 is 1.32 bits per heavy atom. The molecule has 10 heteroatoms. The maximum absolute atomic E-state index is 13.1. The zero-order valence-corrected chi connectivity index (χ0v) is 15.3. The van der Waals surface area contributed by atoms with Crippen LogP contribution in [0.25, 0.3) is 16.9 Å². The summed E-state index contributed by atoms with van der Waals surface area (Å²) in [6.45, 7) is 3.37. The average Bonchev–Trinajstić information content (AvgIpc) is 3.47. The molecule has 142 valence electrons. The quantitative estimate of drug-likeness (QED) is 0.559. The summed E-state index contributed by atoms with van der Waals surface area (Å²) in [6, 6.07) is 6.12. The number of rotatable bonds is 3. The standard InChI is InChI=1S/C18H19N9O/c1-11-4-2-6-14-15(11)22-16(21-14)12-5-3-7-26(9-12)18(28)13-8-19-23-17(13)27-10-20-24-25-27/h2,4,6,8,10,12H,3,5,7,9H2,1H3,(H,19,23)(H,21,22). The number of amides is 1. The lowest BCUT2D eigenvalue weighted by atomic mass is 9.97. The average molecular weight is 377 g/mol. The van der Waals surface area contributed by atoms with Crippen LogP contribution in [0.15, 0.2) is 30.7 Å². The summed E-state index contributed by atoms with van der Waals surface area (Å²) < 4.78 is 1.41. The predicted octanol–water partition coefficient (Wildman–Crippen LogP) is 1.59. The van der Waals surface area contributed by atoms with Gasteiger partial charge in [0.05, 0.1) is 17.2 Å². The van der Waals surface area contributed by atoms with Crippen molar-refractivity contribution in [2.24, 2.45) is 0 Å². The van der Waals surface area contributed by atoms with Crippen LogP contribution < -0.4 is 0 Å². The zero-order valence-electron chi connectivity index (χ0n) is 15.3. The number of aromatic amines is 2. The van der Waals surface area contributed by atoms with Crippen molar-refractivity contribution >= 4 is 16.9 Å². The first-order valence-corrected chi connectivity index (χ1v) is 9.22. The first-order valence-electron chi connectivity index (χ1n) is 9.22. The van der Waals surface area contributed by atoms with Crippen molar-refractivity contribution in [1.29, 1.82) is 0 Å². The third kappa shape index (κ3) is 2.73. The second-order valence-corrected chi connectivity index (χ2v) is 7.07. The van der Waals surface area contributed by atoms with Crippen molar-refractivity contribution in [2.75, 3.05) is 13.1 Å². The predicted molar refractivity (Wildman–Crippen MR) is 100 cm³/mol. The number of benzene rings is 1. The molecule has 4 heterocycles. The second kappa shape index (κ2) is 6.55. The van der Waals surface area contributed by atoms with Gasteiger partial charge in [-0.05, 0) is 41.8 Å². The summed E-state index contributed by atoms with van der Waals surface area (Å²) in [5.41, 5.74) is 3.63. The highest BCUT2D eigenvalue weighted by Crippen LogP contribution is 2.28. The van der Waals surface area contributed by atoms with Crippen LogP contribution in [0.2, 0.25) is 0 Å². The summed E-state index contributed by atoms with van der Waals surface area (Å²) in [5, 5.41) is 17.9. The summed E-state index contributed by atoms with van der Waals surface area (Å²) in [5.74, 6) is 1.50. The number of H-pyrrole nitrogens is 2. The van der Waals surface area contributed by atoms with Gasteiger partial charge in [-0.25, -0.2) is 4.98 Å². The lowest BCUT2D eigenvalue weighted by Gasteiger charge is -2.31. The fourth-order valence-electron chi connectivity index (χ4n) is 3.82. The molecule has 0 saturated carbocycles. The van der Waals surface area contributed by atoms with Crippen molar-refractivity contribution in [2.45, 2.75) is 25.7 Å². The van der Waals surface area contributed by atoms with Crippen LogP contribution in [-0.4, -0.2) is 64.3 Å². The van der Waals surface area contributed by atoms with E-state index >= 15 is 0 Å². The number of hydrogen-bond donors (Lipinski definition) is 2. The molecule has 1 aliphatic rings. The van der Waals surface area contributed by atoms with Gasteiger partial charge in [-0.1, -0.05) is 12.1 Å². The molecular weight excluding hydrogens is 358 g/mol. The van der Waals surface area contributed by atoms with E-state index in [1.54, 1.807) is 0 Å². The van der Waals surface area contributed by atoms with Crippen molar-refractivity contribution in [3.05, 3.63) is 47.7 Å². The number of imidazole rings is 1. The number of nitrogens with zero attached hydrogens (tertiary/aromatic N) is 7. The maximum atomic E-state index is 13.1. The van der Waals surface area contributed by atoms with E-state index in [1.165, 1.54) is 17.2 Å². The number of aromatic nitrogens is 8. The lowest BCUT2D eigenvalue weighted by Crippen LogP contribution is -2.39. The zero-order chi connectivity index (χ0) is 19.1. The molecule has 1 aromatic carbocycles. The molecule has 28 heavy (non-hydrogen) atoms. The van der Waals surface area contributed by atoms with E-state index < -0.39 is 0 Å². The molecule has 3 aromatic heterocycles. The molecule has 1 saturated heterocycles. The number of carbonyl (C=O) groups excluding carboxylic acids is 1. The number of carbonyl (C=O) groups is 1. The Morgan fingerprint density at radius 3 is 3.07 bits per heavy atom. The van der Waals surface area contributed by atoms with E-state index in [0.29, 0.717) is 24.5 Å². The van der Waals surface area contributed by atoms with E-state index in [-0.39, 0.29) is 11.8 Å². The Balaban J connectivity index is 1.40. The van der Waals surface area contributed by atoms with Crippen molar-refractivity contribution in [3.63, 3.8) is 0 Å². The minimum atomic E-state index is -0.0868. The first kappa shape index (κ1) is 16.6. The van der Waals surface area contributed by atoms with Crippen LogP contribution >= 0.6 is 0 Å². The van der Waals surface area contributed by atoms with Gasteiger partial charge in [0.25, 0.3) is 5.91 Å². The highest BCUT2D eigenvalue weighted by Gasteiger charge is 2.29. The molecule has 10 nitrogen and oxygen atoms in total. The largest absolute Gasteiger partial charge is 0.342 e. The molecule has 1 unspecified atom stereocenters. The number of aryl methyl sites for hydroxylation is 1. The minimum Gasteiger partial charge on any atom is -0.342 e. The van der Waals surface area contributed by atoms with Gasteiger partial charge in [-0.3, -0.25) is 9.89 Å². The normalized spacial score (nSPS) is 17.3. The summed E-state index contributed by atoms with van der Waals surface area (Å²) >= 11 is 0. The Hall–Kier alpha value is -3.56. The topological polar surface area (TPSA) is 121 Å². The van der Waals surface area contributed by atoms with Gasteiger partial charge >= 0.3 is 0 Å². The molecule has 2 N–H and O–H groups in total. The van der Waals surface area contributed by atoms with Gasteiger partial charge in [0, 0.05) is 19.0 Å². The Bertz CT molecular complexity index is 1130. The van der Waals surface area contributed by atoms with Gasteiger partial charge < -0.3 is 9.88 Å². The SMILES string of the molecule is Cc1cccc2[nH]c(C3CCCN(C(=O)c4cn[nH]c4-n4cnnn4)C3)nc12. The van der Waals surface area contributed by atoms with Gasteiger partial charge in [-0.2, -0.15) is 9.78 Å². The van der Waals surface area contributed by atoms with Crippen LogP contribution in [0.1, 0.15) is 40.5 Å². The molecule has 0 aliphatic carbocycles. The Morgan fingerprint density at radius 2 is 2.25 bits per heavy atom. The third-order valence-corrected chi connectivity index (χ3v) is 5.26. The highest BCUT2D eigenvalue weighted by atomic mass is 16.2. The smallest absolute Gasteiger partial charge is 0.259 e. The molecule has 0 radical (unpaired) electrons. The Kier molecular flexibility index (Phi) is 3.89. The number of likely N-dealkylation sites (tertiary alicyclic amines) is 1. The van der Waals surface area contributed by atoms with Crippen LogP contribution in [0.4, 0.5) is 0 Å². The maximum Gasteiger partial charge on any atom is 0.259 e. The van der Waals surface area contributed by atoms with E-state index in [4.69, 9.17) is 4.98 Å². The van der Waals surface area contributed by atoms with Crippen molar-refractivity contribution in [1.82, 2.24) is 45.3 Å². The highest BCUT2D eigenvalue weighted by molar-refractivity contribution is 5.97. The minimum absolute atomic E-state index is 0.0868. The number of para-hydroxylation sites is 1. The third-order valence-electron chi connectivity index (χ3n) is 5.26. The second-order valence-electron chi connectivity index (χ2n) is 7.07. The monoisotopic (exact) mass is 377 g/mol. The number of hydrogen-bond acceptors (Lipinski definition) is 6. The van der Waals surface area contributed by atoms with E-state index in [1.807, 2.05) is 17.0 Å². The number of piperidine rings is 1. The fourth-order valence-corrected chi connectivity index (χ4v) is 3.82. The summed E-state index contributed by atoms with van der Waals surface area (Å²) in [4.78, 5) is 23.2. The van der Waals surface area contributed by atoms with Crippen molar-refractivity contribution < 1.29 is 4.79 Å². The van der Waals surface area contributed by atoms with Crippen molar-refractivity contribution in [3.8, 4) is 5.82 Å². The van der Waals surface area contributed by atoms with E-state index in [9.17, 15) is 4.79 Å². The van der Waals surface area contributed by atoms with Gasteiger partial charge in [-0.15, -0.1) is 5.10 Å². The molecular formula is C18H19N9O. The number of fused-ring (bicyclic) bond motifs is 1. The number of tetrazole rings is 1. The molecule has 5 rings (SSSR count). The van der Waals surface area contributed by atoms with Gasteiger partial charge in [0.1, 0.15) is 17.7 Å². The van der Waals surface area contributed by atoms with Crippen LogP contribution in [-0.2, 0) is 0 Å². The molecule has 0 bridgehead atoms. The first-order chi connectivity index (χ1) is 13.7. The van der Waals surface area contributed by atoms with Gasteiger partial charge in [0.15, 0.2) is 5.82 Å². The lowest BCUT2D eigenvalue weighted by molar-refractivity contribution is 0.0705. The molecule has 4 aromatic rings. The summed E-state index contributed by atoms with van der Waals surface area (Å²) in [7, 11) is 0. The van der Waals surface area contributed by atoms with E-state index in [0.717, 1.165) is 35.3 Å². The van der Waals surface area contributed by atoms with Gasteiger partial charge in [0.2, 0.25) is 0 Å². The van der Waals surface area contributed by atoms with Crippen LogP contribution in [0, 0.1) is 6.92 Å². The molecule has 0 spiro atoms. The Labute approximate surface area is 160 Å². The van der Waals surface area contributed by atoms with E-state index in [2.05, 4.69) is 43.7 Å². The molecule has 1 amide bonds. The number of nitrogens with one attached hydrogen (secondary N) is 2. The molecule has 1 atom stereocenters. The summed E-state index contributed by atoms with van der Waals surface area (Å²) in [6.07, 6.45) is 4.87. The van der Waals surface area contributed by atoms with Crippen LogP contribution in [0.5, 0.6) is 0 Å².